The van der Waals surface area contributed by atoms with Crippen LogP contribution < -0.4 is 11.1 Å². The van der Waals surface area contributed by atoms with Crippen LogP contribution >= 0.6 is 23.2 Å². The summed E-state index contributed by atoms with van der Waals surface area (Å²) in [6.07, 6.45) is 2.80. The van der Waals surface area contributed by atoms with Crippen LogP contribution in [-0.4, -0.2) is 17.9 Å². The normalized spacial score (nSPS) is 12.4. The molecule has 0 aliphatic carbocycles. The van der Waals surface area contributed by atoms with E-state index in [0.29, 0.717) is 15.6 Å². The number of hydrogen-bond acceptors (Lipinski definition) is 2. The number of carbonyl (C=O) groups is 2. The molecule has 1 unspecified atom stereocenters. The van der Waals surface area contributed by atoms with Crippen LogP contribution in [0.3, 0.4) is 0 Å². The molecule has 0 saturated carbocycles. The summed E-state index contributed by atoms with van der Waals surface area (Å²) >= 11 is 11.7. The van der Waals surface area contributed by atoms with Gasteiger partial charge in [0.05, 0.1) is 0 Å². The quantitative estimate of drug-likeness (QED) is 0.831. The highest BCUT2D eigenvalue weighted by molar-refractivity contribution is 6.35. The molecule has 0 aliphatic heterocycles. The van der Waals surface area contributed by atoms with E-state index < -0.39 is 17.9 Å². The van der Waals surface area contributed by atoms with Crippen LogP contribution in [0.4, 0.5) is 0 Å². The Bertz CT molecular complexity index is 501. The maximum atomic E-state index is 11.4. The molecule has 1 aromatic carbocycles. The highest BCUT2D eigenvalue weighted by atomic mass is 35.5. The van der Waals surface area contributed by atoms with E-state index in [4.69, 9.17) is 28.9 Å². The predicted octanol–water partition coefficient (Wildman–Crippen LogP) is 2.00. The Morgan fingerprint density at radius 3 is 2.61 bits per heavy atom. The number of hydrogen-bond donors (Lipinski definition) is 2. The molecule has 0 spiro atoms. The van der Waals surface area contributed by atoms with Gasteiger partial charge < -0.3 is 11.1 Å². The van der Waals surface area contributed by atoms with Gasteiger partial charge in [-0.15, -0.1) is 0 Å². The molecule has 18 heavy (non-hydrogen) atoms. The minimum absolute atomic E-state index is 0.424. The molecule has 2 amide bonds. The van der Waals surface area contributed by atoms with Gasteiger partial charge in [-0.2, -0.15) is 0 Å². The van der Waals surface area contributed by atoms with Crippen molar-refractivity contribution in [2.24, 2.45) is 5.73 Å². The molecule has 0 fully saturated rings. The molecule has 1 rings (SSSR count). The Balaban J connectivity index is 2.69. The Morgan fingerprint density at radius 1 is 1.39 bits per heavy atom. The fourth-order valence-corrected chi connectivity index (χ4v) is 1.61. The van der Waals surface area contributed by atoms with Crippen LogP contribution in [0.2, 0.25) is 10.0 Å². The third-order valence-corrected chi connectivity index (χ3v) is 2.72. The van der Waals surface area contributed by atoms with E-state index in [1.807, 2.05) is 0 Å². The molecular weight excluding hydrogens is 275 g/mol. The summed E-state index contributed by atoms with van der Waals surface area (Å²) in [5, 5.41) is 3.37. The van der Waals surface area contributed by atoms with E-state index >= 15 is 0 Å². The van der Waals surface area contributed by atoms with Gasteiger partial charge in [-0.25, -0.2) is 0 Å². The molecule has 0 aromatic heterocycles. The standard InChI is InChI=1S/C12H12Cl2N2O2/c1-7(12(15)18)16-11(17)5-3-8-2-4-9(13)6-10(8)14/h2-7H,1H3,(H2,15,18)(H,16,17). The lowest BCUT2D eigenvalue weighted by molar-refractivity contribution is -0.124. The topological polar surface area (TPSA) is 72.2 Å². The van der Waals surface area contributed by atoms with E-state index in [-0.39, 0.29) is 0 Å². The smallest absolute Gasteiger partial charge is 0.244 e. The molecule has 0 aliphatic rings. The molecule has 6 heteroatoms. The Hall–Kier alpha value is -1.52. The fraction of sp³-hybridized carbons (Fsp3) is 0.167. The van der Waals surface area contributed by atoms with Gasteiger partial charge in [0.2, 0.25) is 11.8 Å². The number of halogens is 2. The van der Waals surface area contributed by atoms with Crippen molar-refractivity contribution in [3.63, 3.8) is 0 Å². The average molecular weight is 287 g/mol. The van der Waals surface area contributed by atoms with Crippen molar-refractivity contribution < 1.29 is 9.59 Å². The number of nitrogens with one attached hydrogen (secondary N) is 1. The first kappa shape index (κ1) is 14.5. The van der Waals surface area contributed by atoms with Gasteiger partial charge in [0, 0.05) is 16.1 Å². The molecule has 0 heterocycles. The molecule has 0 bridgehead atoms. The molecule has 1 atom stereocenters. The number of carbonyl (C=O) groups excluding carboxylic acids is 2. The lowest BCUT2D eigenvalue weighted by Crippen LogP contribution is -2.41. The third-order valence-electron chi connectivity index (χ3n) is 2.16. The van der Waals surface area contributed by atoms with Gasteiger partial charge >= 0.3 is 0 Å². The van der Waals surface area contributed by atoms with Crippen molar-refractivity contribution in [1.82, 2.24) is 5.32 Å². The van der Waals surface area contributed by atoms with Crippen LogP contribution in [-0.2, 0) is 9.59 Å². The first-order valence-corrected chi connectivity index (χ1v) is 5.88. The number of rotatable bonds is 4. The van der Waals surface area contributed by atoms with Crippen LogP contribution in [0.25, 0.3) is 6.08 Å². The molecule has 3 N–H and O–H groups in total. The second-order valence-electron chi connectivity index (χ2n) is 3.63. The summed E-state index contributed by atoms with van der Waals surface area (Å²) in [4.78, 5) is 22.2. The fourth-order valence-electron chi connectivity index (χ4n) is 1.13. The number of primary amides is 1. The van der Waals surface area contributed by atoms with E-state index in [0.717, 1.165) is 0 Å². The largest absolute Gasteiger partial charge is 0.368 e. The van der Waals surface area contributed by atoms with Crippen LogP contribution in [0.5, 0.6) is 0 Å². The summed E-state index contributed by atoms with van der Waals surface area (Å²) in [6.45, 7) is 1.50. The first-order valence-electron chi connectivity index (χ1n) is 5.13. The van der Waals surface area contributed by atoms with Crippen molar-refractivity contribution >= 4 is 41.1 Å². The number of nitrogens with two attached hydrogens (primary N) is 1. The van der Waals surface area contributed by atoms with Gasteiger partial charge in [-0.05, 0) is 30.7 Å². The van der Waals surface area contributed by atoms with Crippen LogP contribution in [0, 0.1) is 0 Å². The zero-order chi connectivity index (χ0) is 13.7. The SMILES string of the molecule is CC(NC(=O)C=Cc1ccc(Cl)cc1Cl)C(N)=O. The zero-order valence-electron chi connectivity index (χ0n) is 9.61. The van der Waals surface area contributed by atoms with Crippen LogP contribution in [0.15, 0.2) is 24.3 Å². The predicted molar refractivity (Wildman–Crippen MR) is 72.3 cm³/mol. The first-order chi connectivity index (χ1) is 8.40. The molecule has 4 nitrogen and oxygen atoms in total. The van der Waals surface area contributed by atoms with E-state index in [2.05, 4.69) is 5.32 Å². The summed E-state index contributed by atoms with van der Waals surface area (Å²) in [5.74, 6) is -1.02. The van der Waals surface area contributed by atoms with Crippen molar-refractivity contribution in [3.8, 4) is 0 Å². The minimum atomic E-state index is -0.720. The van der Waals surface area contributed by atoms with E-state index in [9.17, 15) is 9.59 Å². The van der Waals surface area contributed by atoms with E-state index in [1.54, 1.807) is 18.2 Å². The van der Waals surface area contributed by atoms with E-state index in [1.165, 1.54) is 19.1 Å². The maximum Gasteiger partial charge on any atom is 0.244 e. The van der Waals surface area contributed by atoms with Gasteiger partial charge in [0.25, 0.3) is 0 Å². The summed E-state index contributed by atoms with van der Waals surface area (Å²) in [7, 11) is 0. The highest BCUT2D eigenvalue weighted by Gasteiger charge is 2.09. The lowest BCUT2D eigenvalue weighted by Gasteiger charge is -2.07. The average Bonchev–Trinajstić information content (AvgIpc) is 2.27. The van der Waals surface area contributed by atoms with Gasteiger partial charge in [0.1, 0.15) is 6.04 Å². The Kier molecular flexibility index (Phi) is 5.19. The highest BCUT2D eigenvalue weighted by Crippen LogP contribution is 2.21. The van der Waals surface area contributed by atoms with Crippen molar-refractivity contribution in [3.05, 3.63) is 39.9 Å². The monoisotopic (exact) mass is 286 g/mol. The minimum Gasteiger partial charge on any atom is -0.368 e. The number of amides is 2. The summed E-state index contributed by atoms with van der Waals surface area (Å²) in [5.41, 5.74) is 5.67. The second-order valence-corrected chi connectivity index (χ2v) is 4.48. The van der Waals surface area contributed by atoms with Crippen molar-refractivity contribution in [2.75, 3.05) is 0 Å². The Morgan fingerprint density at radius 2 is 2.06 bits per heavy atom. The van der Waals surface area contributed by atoms with Crippen LogP contribution in [0.1, 0.15) is 12.5 Å². The molecule has 0 saturated heterocycles. The molecule has 1 aromatic rings. The lowest BCUT2D eigenvalue weighted by atomic mass is 10.2. The van der Waals surface area contributed by atoms with Gasteiger partial charge in [0.15, 0.2) is 0 Å². The molecular formula is C12H12Cl2N2O2. The molecule has 96 valence electrons. The second kappa shape index (κ2) is 6.42. The number of benzene rings is 1. The summed E-state index contributed by atoms with van der Waals surface area (Å²) < 4.78 is 0. The zero-order valence-corrected chi connectivity index (χ0v) is 11.1. The summed E-state index contributed by atoms with van der Waals surface area (Å²) in [6, 6.07) is 4.21. The van der Waals surface area contributed by atoms with Gasteiger partial charge in [-0.3, -0.25) is 9.59 Å². The molecule has 0 radical (unpaired) electrons. The van der Waals surface area contributed by atoms with Crippen molar-refractivity contribution in [1.29, 1.82) is 0 Å². The van der Waals surface area contributed by atoms with Gasteiger partial charge in [-0.1, -0.05) is 29.3 Å². The third kappa shape index (κ3) is 4.39. The van der Waals surface area contributed by atoms with Crippen molar-refractivity contribution in [2.45, 2.75) is 13.0 Å². The Labute approximate surface area is 115 Å². The maximum absolute atomic E-state index is 11.4.